The van der Waals surface area contributed by atoms with Crippen LogP contribution in [0.4, 0.5) is 0 Å². The summed E-state index contributed by atoms with van der Waals surface area (Å²) in [4.78, 5) is 0. The summed E-state index contributed by atoms with van der Waals surface area (Å²) in [5, 5.41) is 13.9. The van der Waals surface area contributed by atoms with Crippen molar-refractivity contribution in [3.8, 4) is 5.75 Å². The first-order valence-corrected chi connectivity index (χ1v) is 7.37. The average Bonchev–Trinajstić information content (AvgIpc) is 2.94. The fourth-order valence-corrected chi connectivity index (χ4v) is 3.42. The Balaban J connectivity index is 2.06. The summed E-state index contributed by atoms with van der Waals surface area (Å²) in [5.41, 5.74) is 2.88. The molecule has 102 valence electrons. The molecule has 2 aromatic carbocycles. The van der Waals surface area contributed by atoms with Crippen molar-refractivity contribution in [3.05, 3.63) is 64.5 Å². The van der Waals surface area contributed by atoms with Gasteiger partial charge in [0, 0.05) is 10.3 Å². The van der Waals surface area contributed by atoms with Crippen molar-refractivity contribution in [1.29, 1.82) is 0 Å². The maximum Gasteiger partial charge on any atom is 0.121 e. The lowest BCUT2D eigenvalue weighted by molar-refractivity contribution is 0.222. The molecule has 3 heteroatoms. The molecule has 0 saturated heterocycles. The SMILES string of the molecule is COc1ccc(C(O)c2cccc3ccsc23)cc1C. The summed E-state index contributed by atoms with van der Waals surface area (Å²) in [6.45, 7) is 1.99. The predicted molar refractivity (Wildman–Crippen MR) is 83.6 cm³/mol. The molecule has 20 heavy (non-hydrogen) atoms. The van der Waals surface area contributed by atoms with Gasteiger partial charge >= 0.3 is 0 Å². The Morgan fingerprint density at radius 3 is 2.75 bits per heavy atom. The van der Waals surface area contributed by atoms with Gasteiger partial charge in [-0.2, -0.15) is 0 Å². The third-order valence-corrected chi connectivity index (χ3v) is 4.52. The number of thiophene rings is 1. The zero-order chi connectivity index (χ0) is 14.1. The van der Waals surface area contributed by atoms with Gasteiger partial charge in [-0.1, -0.05) is 24.3 Å². The van der Waals surface area contributed by atoms with Crippen LogP contribution in [0.25, 0.3) is 10.1 Å². The van der Waals surface area contributed by atoms with Crippen LogP contribution in [0.1, 0.15) is 22.8 Å². The molecule has 0 radical (unpaired) electrons. The van der Waals surface area contributed by atoms with Crippen LogP contribution in [0.5, 0.6) is 5.75 Å². The van der Waals surface area contributed by atoms with E-state index in [-0.39, 0.29) is 0 Å². The summed E-state index contributed by atoms with van der Waals surface area (Å²) in [6, 6.07) is 13.9. The van der Waals surface area contributed by atoms with Gasteiger partial charge < -0.3 is 9.84 Å². The molecular formula is C17H16O2S. The van der Waals surface area contributed by atoms with Crippen LogP contribution in [0.3, 0.4) is 0 Å². The first-order valence-electron chi connectivity index (χ1n) is 6.49. The minimum absolute atomic E-state index is 0.609. The Kier molecular flexibility index (Phi) is 3.47. The number of hydrogen-bond donors (Lipinski definition) is 1. The number of rotatable bonds is 3. The zero-order valence-corrected chi connectivity index (χ0v) is 12.3. The van der Waals surface area contributed by atoms with E-state index in [9.17, 15) is 5.11 Å². The maximum atomic E-state index is 10.7. The highest BCUT2D eigenvalue weighted by atomic mass is 32.1. The number of fused-ring (bicyclic) bond motifs is 1. The van der Waals surface area contributed by atoms with E-state index in [0.29, 0.717) is 0 Å². The van der Waals surface area contributed by atoms with E-state index >= 15 is 0 Å². The van der Waals surface area contributed by atoms with E-state index in [0.717, 1.165) is 27.1 Å². The molecule has 1 N–H and O–H groups in total. The molecule has 0 aliphatic rings. The van der Waals surface area contributed by atoms with Gasteiger partial charge in [-0.15, -0.1) is 11.3 Å². The number of aliphatic hydroxyl groups excluding tert-OH is 1. The van der Waals surface area contributed by atoms with Crippen LogP contribution in [-0.4, -0.2) is 12.2 Å². The molecule has 0 bridgehead atoms. The molecule has 1 unspecified atom stereocenters. The highest BCUT2D eigenvalue weighted by molar-refractivity contribution is 7.17. The van der Waals surface area contributed by atoms with E-state index in [1.54, 1.807) is 18.4 Å². The molecule has 2 nitrogen and oxygen atoms in total. The van der Waals surface area contributed by atoms with E-state index in [1.807, 2.05) is 37.3 Å². The fourth-order valence-electron chi connectivity index (χ4n) is 2.48. The predicted octanol–water partition coefficient (Wildman–Crippen LogP) is 4.30. The van der Waals surface area contributed by atoms with Crippen LogP contribution in [0.2, 0.25) is 0 Å². The van der Waals surface area contributed by atoms with Crippen molar-refractivity contribution >= 4 is 21.4 Å². The summed E-state index contributed by atoms with van der Waals surface area (Å²) < 4.78 is 6.41. The highest BCUT2D eigenvalue weighted by Gasteiger charge is 2.15. The zero-order valence-electron chi connectivity index (χ0n) is 11.5. The smallest absolute Gasteiger partial charge is 0.121 e. The molecule has 1 aromatic heterocycles. The molecule has 3 aromatic rings. The lowest BCUT2D eigenvalue weighted by atomic mass is 9.99. The van der Waals surface area contributed by atoms with Crippen LogP contribution < -0.4 is 4.74 Å². The van der Waals surface area contributed by atoms with Gasteiger partial charge in [-0.25, -0.2) is 0 Å². The van der Waals surface area contributed by atoms with Gasteiger partial charge in [0.05, 0.1) is 7.11 Å². The van der Waals surface area contributed by atoms with Crippen molar-refractivity contribution in [3.63, 3.8) is 0 Å². The van der Waals surface area contributed by atoms with Crippen LogP contribution in [0.15, 0.2) is 47.8 Å². The molecule has 0 saturated carbocycles. The molecule has 0 spiro atoms. The van der Waals surface area contributed by atoms with E-state index in [1.165, 1.54) is 5.39 Å². The minimum atomic E-state index is -0.609. The minimum Gasteiger partial charge on any atom is -0.496 e. The van der Waals surface area contributed by atoms with Crippen molar-refractivity contribution < 1.29 is 9.84 Å². The van der Waals surface area contributed by atoms with Crippen molar-refractivity contribution in [2.75, 3.05) is 7.11 Å². The quantitative estimate of drug-likeness (QED) is 0.777. The van der Waals surface area contributed by atoms with E-state index in [2.05, 4.69) is 17.5 Å². The molecule has 0 aliphatic carbocycles. The number of aryl methyl sites for hydroxylation is 1. The van der Waals surface area contributed by atoms with Gasteiger partial charge in [0.15, 0.2) is 0 Å². The third-order valence-electron chi connectivity index (χ3n) is 3.54. The second-order valence-electron chi connectivity index (χ2n) is 4.82. The Morgan fingerprint density at radius 2 is 2.00 bits per heavy atom. The van der Waals surface area contributed by atoms with Gasteiger partial charge in [-0.05, 0) is 47.0 Å². The Hall–Kier alpha value is -1.84. The Bertz CT molecular complexity index is 746. The summed E-state index contributed by atoms with van der Waals surface area (Å²) in [6.07, 6.45) is -0.609. The standard InChI is InChI=1S/C17H16O2S/c1-11-10-13(6-7-15(11)19-2)16(18)14-5-3-4-12-8-9-20-17(12)14/h3-10,16,18H,1-2H3. The normalized spacial score (nSPS) is 12.6. The van der Waals surface area contributed by atoms with Gasteiger partial charge in [0.25, 0.3) is 0 Å². The summed E-state index contributed by atoms with van der Waals surface area (Å²) >= 11 is 1.66. The second kappa shape index (κ2) is 5.27. The lowest BCUT2D eigenvalue weighted by Gasteiger charge is -2.14. The molecule has 0 amide bonds. The molecule has 0 aliphatic heterocycles. The number of ether oxygens (including phenoxy) is 1. The van der Waals surface area contributed by atoms with Gasteiger partial charge in [0.2, 0.25) is 0 Å². The highest BCUT2D eigenvalue weighted by Crippen LogP contribution is 2.33. The number of benzene rings is 2. The molecule has 3 rings (SSSR count). The third kappa shape index (κ3) is 2.19. The van der Waals surface area contributed by atoms with E-state index in [4.69, 9.17) is 4.74 Å². The fraction of sp³-hybridized carbons (Fsp3) is 0.176. The largest absolute Gasteiger partial charge is 0.496 e. The molecule has 1 atom stereocenters. The summed E-state index contributed by atoms with van der Waals surface area (Å²) in [5.74, 6) is 0.843. The number of hydrogen-bond acceptors (Lipinski definition) is 3. The topological polar surface area (TPSA) is 29.5 Å². The second-order valence-corrected chi connectivity index (χ2v) is 5.73. The first kappa shape index (κ1) is 13.2. The van der Waals surface area contributed by atoms with Crippen LogP contribution in [-0.2, 0) is 0 Å². The van der Waals surface area contributed by atoms with Crippen LogP contribution >= 0.6 is 11.3 Å². The molecular weight excluding hydrogens is 268 g/mol. The van der Waals surface area contributed by atoms with Crippen LogP contribution in [0, 0.1) is 6.92 Å². The number of methoxy groups -OCH3 is 1. The molecule has 0 fully saturated rings. The maximum absolute atomic E-state index is 10.7. The van der Waals surface area contributed by atoms with Crippen molar-refractivity contribution in [1.82, 2.24) is 0 Å². The molecule has 1 heterocycles. The monoisotopic (exact) mass is 284 g/mol. The Morgan fingerprint density at radius 1 is 1.15 bits per heavy atom. The van der Waals surface area contributed by atoms with Gasteiger partial charge in [-0.3, -0.25) is 0 Å². The summed E-state index contributed by atoms with van der Waals surface area (Å²) in [7, 11) is 1.66. The van der Waals surface area contributed by atoms with Gasteiger partial charge in [0.1, 0.15) is 11.9 Å². The average molecular weight is 284 g/mol. The number of aliphatic hydroxyl groups is 1. The van der Waals surface area contributed by atoms with Crippen molar-refractivity contribution in [2.45, 2.75) is 13.0 Å². The lowest BCUT2D eigenvalue weighted by Crippen LogP contribution is -2.00. The Labute approximate surface area is 122 Å². The van der Waals surface area contributed by atoms with E-state index < -0.39 is 6.10 Å². The first-order chi connectivity index (χ1) is 9.70. The van der Waals surface area contributed by atoms with Crippen molar-refractivity contribution in [2.24, 2.45) is 0 Å².